The van der Waals surface area contributed by atoms with Crippen LogP contribution in [0, 0.1) is 0 Å². The van der Waals surface area contributed by atoms with Crippen LogP contribution >= 0.6 is 11.6 Å². The van der Waals surface area contributed by atoms with Gasteiger partial charge in [-0.1, -0.05) is 23.7 Å². The zero-order valence-corrected chi connectivity index (χ0v) is 14.7. The molecule has 0 atom stereocenters. The molecule has 0 saturated heterocycles. The Balaban J connectivity index is 2.47. The van der Waals surface area contributed by atoms with Gasteiger partial charge in [0, 0.05) is 33.7 Å². The van der Waals surface area contributed by atoms with Crippen LogP contribution in [0.25, 0.3) is 22.0 Å². The maximum absolute atomic E-state index is 13.4. The highest BCUT2D eigenvalue weighted by Crippen LogP contribution is 2.40. The predicted molar refractivity (Wildman–Crippen MR) is 97.1 cm³/mol. The Labute approximate surface area is 156 Å². The Morgan fingerprint density at radius 3 is 2.56 bits per heavy atom. The number of aromatic amines is 1. The SMILES string of the molecule is O=c1[nH]c2c(C(F)(F)F)cccc2c(-c2cc(Cl)ccc2O)c1CCCO. The zero-order chi connectivity index (χ0) is 19.8. The summed E-state index contributed by atoms with van der Waals surface area (Å²) in [7, 11) is 0. The average Bonchev–Trinajstić information content (AvgIpc) is 2.60. The van der Waals surface area contributed by atoms with Gasteiger partial charge in [-0.15, -0.1) is 0 Å². The number of benzene rings is 2. The van der Waals surface area contributed by atoms with E-state index in [0.717, 1.165) is 6.07 Å². The van der Waals surface area contributed by atoms with Crippen molar-refractivity contribution in [2.24, 2.45) is 0 Å². The second-order valence-corrected chi connectivity index (χ2v) is 6.46. The van der Waals surface area contributed by atoms with Gasteiger partial charge < -0.3 is 15.2 Å². The van der Waals surface area contributed by atoms with Gasteiger partial charge in [-0.05, 0) is 37.1 Å². The number of H-pyrrole nitrogens is 1. The summed E-state index contributed by atoms with van der Waals surface area (Å²) < 4.78 is 40.2. The average molecular weight is 398 g/mol. The number of halogens is 4. The number of aromatic hydroxyl groups is 1. The van der Waals surface area contributed by atoms with Gasteiger partial charge >= 0.3 is 6.18 Å². The third-order valence-electron chi connectivity index (χ3n) is 4.27. The van der Waals surface area contributed by atoms with Gasteiger partial charge in [-0.2, -0.15) is 13.2 Å². The van der Waals surface area contributed by atoms with Crippen LogP contribution in [-0.2, 0) is 12.6 Å². The van der Waals surface area contributed by atoms with Crippen LogP contribution in [0.15, 0.2) is 41.2 Å². The minimum atomic E-state index is -4.66. The third-order valence-corrected chi connectivity index (χ3v) is 4.50. The van der Waals surface area contributed by atoms with E-state index in [9.17, 15) is 23.1 Å². The number of phenols is 1. The molecule has 1 aromatic heterocycles. The molecule has 142 valence electrons. The number of alkyl halides is 3. The molecule has 0 aliphatic rings. The molecule has 0 fully saturated rings. The molecule has 0 aliphatic carbocycles. The van der Waals surface area contributed by atoms with Gasteiger partial charge in [-0.25, -0.2) is 0 Å². The predicted octanol–water partition coefficient (Wildman–Crippen LogP) is 4.50. The standard InChI is InChI=1S/C19H15ClF3NO3/c20-10-6-7-15(26)13(9-10)16-11-3-1-5-14(19(21,22)23)17(11)24-18(27)12(16)4-2-8-25/h1,3,5-7,9,25-26H,2,4,8H2,(H,24,27). The Hall–Kier alpha value is -2.51. The molecule has 0 unspecified atom stereocenters. The number of pyridine rings is 1. The summed E-state index contributed by atoms with van der Waals surface area (Å²) in [5.74, 6) is -0.214. The summed E-state index contributed by atoms with van der Waals surface area (Å²) in [5, 5.41) is 19.8. The van der Waals surface area contributed by atoms with Crippen LogP contribution in [0.4, 0.5) is 13.2 Å². The van der Waals surface area contributed by atoms with E-state index in [2.05, 4.69) is 4.98 Å². The summed E-state index contributed by atoms with van der Waals surface area (Å²) >= 11 is 6.00. The van der Waals surface area contributed by atoms with Crippen LogP contribution < -0.4 is 5.56 Å². The summed E-state index contributed by atoms with van der Waals surface area (Å²) in [4.78, 5) is 14.9. The van der Waals surface area contributed by atoms with Crippen LogP contribution in [0.1, 0.15) is 17.5 Å². The Morgan fingerprint density at radius 2 is 1.89 bits per heavy atom. The lowest BCUT2D eigenvalue weighted by molar-refractivity contribution is -0.136. The first-order valence-corrected chi connectivity index (χ1v) is 8.46. The normalized spacial score (nSPS) is 11.9. The smallest absolute Gasteiger partial charge is 0.418 e. The summed E-state index contributed by atoms with van der Waals surface area (Å²) in [5.41, 5.74) is -1.54. The lowest BCUT2D eigenvalue weighted by atomic mass is 9.92. The molecular formula is C19H15ClF3NO3. The molecule has 0 radical (unpaired) electrons. The lowest BCUT2D eigenvalue weighted by Crippen LogP contribution is -2.18. The zero-order valence-electron chi connectivity index (χ0n) is 13.9. The highest BCUT2D eigenvalue weighted by atomic mass is 35.5. The number of para-hydroxylation sites is 1. The second-order valence-electron chi connectivity index (χ2n) is 6.02. The molecule has 4 nitrogen and oxygen atoms in total. The van der Waals surface area contributed by atoms with Gasteiger partial charge in [0.25, 0.3) is 5.56 Å². The number of phenolic OH excluding ortho intramolecular Hbond substituents is 1. The first kappa shape index (κ1) is 19.3. The van der Waals surface area contributed by atoms with Crippen LogP contribution in [-0.4, -0.2) is 21.8 Å². The van der Waals surface area contributed by atoms with E-state index < -0.39 is 17.3 Å². The molecule has 3 rings (SSSR count). The van der Waals surface area contributed by atoms with Crippen molar-refractivity contribution in [3.63, 3.8) is 0 Å². The molecule has 27 heavy (non-hydrogen) atoms. The number of aromatic nitrogens is 1. The first-order valence-electron chi connectivity index (χ1n) is 8.09. The summed E-state index contributed by atoms with van der Waals surface area (Å²) in [6.07, 6.45) is -4.30. The highest BCUT2D eigenvalue weighted by molar-refractivity contribution is 6.31. The molecule has 3 aromatic rings. The highest BCUT2D eigenvalue weighted by Gasteiger charge is 2.34. The number of hydrogen-bond donors (Lipinski definition) is 3. The molecule has 2 aromatic carbocycles. The number of nitrogens with one attached hydrogen (secondary N) is 1. The van der Waals surface area contributed by atoms with Crippen molar-refractivity contribution < 1.29 is 23.4 Å². The molecule has 0 aliphatic heterocycles. The summed E-state index contributed by atoms with van der Waals surface area (Å²) in [6.45, 7) is -0.193. The minimum absolute atomic E-state index is 0.124. The molecule has 0 saturated carbocycles. The van der Waals surface area contributed by atoms with Crippen LogP contribution in [0.3, 0.4) is 0 Å². The number of fused-ring (bicyclic) bond motifs is 1. The van der Waals surface area contributed by atoms with Crippen LogP contribution in [0.5, 0.6) is 5.75 Å². The quantitative estimate of drug-likeness (QED) is 0.607. The van der Waals surface area contributed by atoms with Gasteiger partial charge in [0.1, 0.15) is 5.75 Å². The Kier molecular flexibility index (Phi) is 5.17. The third kappa shape index (κ3) is 3.65. The lowest BCUT2D eigenvalue weighted by Gasteiger charge is -2.17. The van der Waals surface area contributed by atoms with E-state index in [1.807, 2.05) is 0 Å². The van der Waals surface area contributed by atoms with Crippen molar-refractivity contribution in [3.05, 3.63) is 62.9 Å². The van der Waals surface area contributed by atoms with Crippen molar-refractivity contribution in [1.29, 1.82) is 0 Å². The molecular weight excluding hydrogens is 383 g/mol. The Morgan fingerprint density at radius 1 is 1.15 bits per heavy atom. The van der Waals surface area contributed by atoms with Gasteiger partial charge in [0.05, 0.1) is 11.1 Å². The monoisotopic (exact) mass is 397 g/mol. The van der Waals surface area contributed by atoms with E-state index in [1.54, 1.807) is 0 Å². The molecule has 8 heteroatoms. The number of aliphatic hydroxyl groups is 1. The van der Waals surface area contributed by atoms with Crippen molar-refractivity contribution >= 4 is 22.5 Å². The molecule has 3 N–H and O–H groups in total. The molecule has 0 bridgehead atoms. The first-order chi connectivity index (χ1) is 12.7. The minimum Gasteiger partial charge on any atom is -0.507 e. The van der Waals surface area contributed by atoms with Crippen molar-refractivity contribution in [2.45, 2.75) is 19.0 Å². The number of rotatable bonds is 4. The van der Waals surface area contributed by atoms with Crippen molar-refractivity contribution in [2.75, 3.05) is 6.61 Å². The van der Waals surface area contributed by atoms with E-state index in [0.29, 0.717) is 0 Å². The van der Waals surface area contributed by atoms with E-state index >= 15 is 0 Å². The molecule has 0 spiro atoms. The maximum Gasteiger partial charge on any atom is 0.418 e. The fourth-order valence-corrected chi connectivity index (χ4v) is 3.28. The number of hydrogen-bond acceptors (Lipinski definition) is 3. The van der Waals surface area contributed by atoms with Crippen molar-refractivity contribution in [3.8, 4) is 16.9 Å². The number of aliphatic hydroxyl groups excluding tert-OH is 1. The fourth-order valence-electron chi connectivity index (χ4n) is 3.11. The van der Waals surface area contributed by atoms with Gasteiger partial charge in [-0.3, -0.25) is 4.79 Å². The van der Waals surface area contributed by atoms with Gasteiger partial charge in [0.2, 0.25) is 0 Å². The van der Waals surface area contributed by atoms with E-state index in [4.69, 9.17) is 16.7 Å². The van der Waals surface area contributed by atoms with E-state index in [-0.39, 0.29) is 57.8 Å². The molecule has 1 heterocycles. The molecule has 0 amide bonds. The second kappa shape index (κ2) is 7.25. The van der Waals surface area contributed by atoms with E-state index in [1.165, 1.54) is 30.3 Å². The van der Waals surface area contributed by atoms with Crippen LogP contribution in [0.2, 0.25) is 5.02 Å². The largest absolute Gasteiger partial charge is 0.507 e. The Bertz CT molecular complexity index is 1060. The fraction of sp³-hybridized carbons (Fsp3) is 0.211. The van der Waals surface area contributed by atoms with Crippen molar-refractivity contribution in [1.82, 2.24) is 4.98 Å². The maximum atomic E-state index is 13.4. The summed E-state index contributed by atoms with van der Waals surface area (Å²) in [6, 6.07) is 7.71. The van der Waals surface area contributed by atoms with Gasteiger partial charge in [0.15, 0.2) is 0 Å². The topological polar surface area (TPSA) is 73.3 Å².